The van der Waals surface area contributed by atoms with Crippen molar-refractivity contribution in [2.24, 2.45) is 0 Å². The zero-order valence-electron chi connectivity index (χ0n) is 15.5. The predicted molar refractivity (Wildman–Crippen MR) is 111 cm³/mol. The first-order valence-corrected chi connectivity index (χ1v) is 9.64. The molecule has 0 radical (unpaired) electrons. The molecular formula is C20H13N5O4S. The van der Waals surface area contributed by atoms with E-state index in [1.807, 2.05) is 6.92 Å². The van der Waals surface area contributed by atoms with Gasteiger partial charge >= 0.3 is 12.0 Å². The molecule has 0 saturated carbocycles. The van der Waals surface area contributed by atoms with Gasteiger partial charge in [0.25, 0.3) is 0 Å². The molecule has 0 aliphatic carbocycles. The normalized spacial score (nSPS) is 12.7. The molecule has 10 heteroatoms. The summed E-state index contributed by atoms with van der Waals surface area (Å²) < 4.78 is 5.75. The van der Waals surface area contributed by atoms with Crippen molar-refractivity contribution >= 4 is 50.6 Å². The molecule has 4 aromatic rings. The minimum absolute atomic E-state index is 0.0588. The van der Waals surface area contributed by atoms with Crippen LogP contribution in [0.2, 0.25) is 0 Å². The van der Waals surface area contributed by atoms with E-state index in [1.165, 1.54) is 11.2 Å². The maximum absolute atomic E-state index is 13.0. The number of anilines is 3. The monoisotopic (exact) mass is 419 g/mol. The number of rotatable bonds is 4. The Bertz CT molecular complexity index is 1320. The molecule has 0 spiro atoms. The van der Waals surface area contributed by atoms with Crippen LogP contribution in [0.1, 0.15) is 15.2 Å². The number of hydrogen-bond acceptors (Lipinski definition) is 7. The molecule has 4 heterocycles. The lowest BCUT2D eigenvalue weighted by Gasteiger charge is -2.29. The summed E-state index contributed by atoms with van der Waals surface area (Å²) in [5.41, 5.74) is 2.30. The number of aryl methyl sites for hydroxylation is 1. The lowest BCUT2D eigenvalue weighted by molar-refractivity contribution is 0.0703. The third-order valence-corrected chi connectivity index (χ3v) is 5.71. The van der Waals surface area contributed by atoms with E-state index in [2.05, 4.69) is 20.3 Å². The topological polar surface area (TPSA) is 118 Å². The molecule has 2 amide bonds. The Balaban J connectivity index is 1.59. The van der Waals surface area contributed by atoms with E-state index in [4.69, 9.17) is 4.74 Å². The molecular weight excluding hydrogens is 406 g/mol. The number of thiophene rings is 1. The van der Waals surface area contributed by atoms with Crippen LogP contribution < -0.4 is 15.0 Å². The van der Waals surface area contributed by atoms with E-state index in [-0.39, 0.29) is 10.6 Å². The molecule has 9 nitrogen and oxygen atoms in total. The van der Waals surface area contributed by atoms with E-state index >= 15 is 0 Å². The van der Waals surface area contributed by atoms with Crippen LogP contribution in [0.5, 0.6) is 11.5 Å². The van der Waals surface area contributed by atoms with Crippen molar-refractivity contribution in [1.82, 2.24) is 15.0 Å². The fraction of sp³-hybridized carbons (Fsp3) is 0.0500. The van der Waals surface area contributed by atoms with E-state index in [9.17, 15) is 14.7 Å². The van der Waals surface area contributed by atoms with Crippen molar-refractivity contribution < 1.29 is 19.4 Å². The molecule has 0 saturated heterocycles. The van der Waals surface area contributed by atoms with E-state index in [0.29, 0.717) is 33.1 Å². The number of urea groups is 1. The van der Waals surface area contributed by atoms with Gasteiger partial charge in [0, 0.05) is 6.20 Å². The van der Waals surface area contributed by atoms with Gasteiger partial charge in [-0.05, 0) is 36.8 Å². The molecule has 0 atom stereocenters. The van der Waals surface area contributed by atoms with E-state index in [0.717, 1.165) is 16.9 Å². The van der Waals surface area contributed by atoms with Crippen LogP contribution in [-0.2, 0) is 0 Å². The minimum Gasteiger partial charge on any atom is -0.477 e. The van der Waals surface area contributed by atoms with Gasteiger partial charge in [-0.1, -0.05) is 0 Å². The van der Waals surface area contributed by atoms with Crippen molar-refractivity contribution in [2.45, 2.75) is 6.92 Å². The second kappa shape index (κ2) is 6.78. The van der Waals surface area contributed by atoms with Crippen LogP contribution in [0, 0.1) is 6.92 Å². The molecule has 0 fully saturated rings. The van der Waals surface area contributed by atoms with E-state index in [1.54, 1.807) is 42.9 Å². The number of pyridine rings is 1. The van der Waals surface area contributed by atoms with Crippen LogP contribution >= 0.6 is 11.3 Å². The number of nitrogens with one attached hydrogen (secondary N) is 1. The van der Waals surface area contributed by atoms with Gasteiger partial charge in [0.15, 0.2) is 5.75 Å². The van der Waals surface area contributed by atoms with Gasteiger partial charge in [-0.15, -0.1) is 11.3 Å². The standard InChI is InChI=1S/C20H13N5O4S/c1-10-6-11(29-12-7-21-9-22-8-12)2-3-13(10)25-14-4-5-23-18-15(14)16(24-20(25)28)17(30-18)19(26)27/h2-9H,1H3,(H,24,28)(H,26,27). The maximum atomic E-state index is 13.0. The Morgan fingerprint density at radius 1 is 1.17 bits per heavy atom. The Morgan fingerprint density at radius 3 is 2.70 bits per heavy atom. The van der Waals surface area contributed by atoms with Crippen LogP contribution in [0.25, 0.3) is 10.2 Å². The summed E-state index contributed by atoms with van der Waals surface area (Å²) in [6.07, 6.45) is 6.10. The van der Waals surface area contributed by atoms with Crippen LogP contribution in [0.4, 0.5) is 21.9 Å². The maximum Gasteiger partial charge on any atom is 0.348 e. The Labute approximate surface area is 173 Å². The molecule has 0 bridgehead atoms. The fourth-order valence-electron chi connectivity index (χ4n) is 3.39. The average molecular weight is 419 g/mol. The smallest absolute Gasteiger partial charge is 0.348 e. The SMILES string of the molecule is Cc1cc(Oc2cncnc2)ccc1N1C(=O)Nc2c(C(=O)O)sc3nccc1c23. The number of benzene rings is 1. The molecule has 5 rings (SSSR count). The van der Waals surface area contributed by atoms with Crippen LogP contribution in [0.15, 0.2) is 49.2 Å². The summed E-state index contributed by atoms with van der Waals surface area (Å²) in [5, 5.41) is 12.8. The van der Waals surface area contributed by atoms with Crippen molar-refractivity contribution in [2.75, 3.05) is 10.2 Å². The van der Waals surface area contributed by atoms with Gasteiger partial charge in [-0.2, -0.15) is 0 Å². The fourth-order valence-corrected chi connectivity index (χ4v) is 4.35. The number of hydrogen-bond donors (Lipinski definition) is 2. The number of carboxylic acid groups (broad SMARTS) is 1. The van der Waals surface area contributed by atoms with Gasteiger partial charge < -0.3 is 15.2 Å². The molecule has 148 valence electrons. The first-order chi connectivity index (χ1) is 14.5. The second-order valence-corrected chi connectivity index (χ2v) is 7.51. The lowest BCUT2D eigenvalue weighted by Crippen LogP contribution is -2.34. The highest BCUT2D eigenvalue weighted by Gasteiger charge is 2.33. The number of nitrogens with zero attached hydrogens (tertiary/aromatic N) is 4. The first kappa shape index (κ1) is 18.0. The summed E-state index contributed by atoms with van der Waals surface area (Å²) in [4.78, 5) is 38.8. The number of amides is 2. The van der Waals surface area contributed by atoms with Gasteiger partial charge in [-0.25, -0.2) is 24.5 Å². The van der Waals surface area contributed by atoms with Gasteiger partial charge in [0.1, 0.15) is 21.8 Å². The number of ether oxygens (including phenoxy) is 1. The van der Waals surface area contributed by atoms with Crippen molar-refractivity contribution in [1.29, 1.82) is 0 Å². The Kier molecular flexibility index (Phi) is 4.07. The number of carbonyl (C=O) groups excluding carboxylic acids is 1. The summed E-state index contributed by atoms with van der Waals surface area (Å²) >= 11 is 1.03. The highest BCUT2D eigenvalue weighted by atomic mass is 32.1. The third kappa shape index (κ3) is 2.81. The lowest BCUT2D eigenvalue weighted by atomic mass is 10.1. The highest BCUT2D eigenvalue weighted by molar-refractivity contribution is 7.21. The summed E-state index contributed by atoms with van der Waals surface area (Å²) in [7, 11) is 0. The second-order valence-electron chi connectivity index (χ2n) is 6.51. The zero-order chi connectivity index (χ0) is 20.8. The molecule has 1 aliphatic rings. The summed E-state index contributed by atoms with van der Waals surface area (Å²) in [6, 6.07) is 6.58. The molecule has 3 aromatic heterocycles. The molecule has 1 aromatic carbocycles. The average Bonchev–Trinajstić information content (AvgIpc) is 3.10. The van der Waals surface area contributed by atoms with Crippen molar-refractivity contribution in [3.8, 4) is 11.5 Å². The number of aromatic carboxylic acids is 1. The van der Waals surface area contributed by atoms with Crippen molar-refractivity contribution in [3.05, 3.63) is 59.6 Å². The largest absolute Gasteiger partial charge is 0.477 e. The van der Waals surface area contributed by atoms with E-state index < -0.39 is 12.0 Å². The van der Waals surface area contributed by atoms with Gasteiger partial charge in [0.2, 0.25) is 0 Å². The quantitative estimate of drug-likeness (QED) is 0.497. The highest BCUT2D eigenvalue weighted by Crippen LogP contribution is 2.46. The molecule has 2 N–H and O–H groups in total. The molecule has 1 aliphatic heterocycles. The Hall–Kier alpha value is -4.05. The third-order valence-electron chi connectivity index (χ3n) is 4.62. The van der Waals surface area contributed by atoms with Crippen LogP contribution in [-0.4, -0.2) is 32.1 Å². The predicted octanol–water partition coefficient (Wildman–Crippen LogP) is 4.57. The first-order valence-electron chi connectivity index (χ1n) is 8.82. The van der Waals surface area contributed by atoms with Gasteiger partial charge in [-0.3, -0.25) is 4.90 Å². The van der Waals surface area contributed by atoms with Crippen molar-refractivity contribution in [3.63, 3.8) is 0 Å². The summed E-state index contributed by atoms with van der Waals surface area (Å²) in [6.45, 7) is 1.86. The zero-order valence-corrected chi connectivity index (χ0v) is 16.3. The molecule has 0 unspecified atom stereocenters. The van der Waals surface area contributed by atoms with Gasteiger partial charge in [0.05, 0.1) is 34.8 Å². The Morgan fingerprint density at radius 2 is 1.97 bits per heavy atom. The van der Waals surface area contributed by atoms with Crippen LogP contribution in [0.3, 0.4) is 0 Å². The minimum atomic E-state index is -1.10. The number of aromatic nitrogens is 3. The molecule has 30 heavy (non-hydrogen) atoms. The number of carboxylic acids is 1. The summed E-state index contributed by atoms with van der Waals surface area (Å²) in [5.74, 6) is -0.0247. The number of carbonyl (C=O) groups is 2.